The first kappa shape index (κ1) is 44.4. The van der Waals surface area contributed by atoms with E-state index in [4.69, 9.17) is 14.2 Å². The Balaban J connectivity index is 0.996. The number of carbonyl (C=O) groups is 3. The van der Waals surface area contributed by atoms with Gasteiger partial charge in [0.25, 0.3) is 21.9 Å². The average Bonchev–Trinajstić information content (AvgIpc) is 3.78. The maximum atomic E-state index is 14.2. The Morgan fingerprint density at radius 1 is 0.785 bits per heavy atom. The number of amides is 3. The molecule has 4 aliphatic heterocycles. The summed E-state index contributed by atoms with van der Waals surface area (Å²) >= 11 is 4.63. The molecule has 0 aliphatic carbocycles. The van der Waals surface area contributed by atoms with Gasteiger partial charge in [-0.15, -0.1) is 0 Å². The summed E-state index contributed by atoms with van der Waals surface area (Å²) in [5.74, 6) is 0.912. The Bertz CT molecular complexity index is 2860. The third-order valence-corrected chi connectivity index (χ3v) is 14.8. The van der Waals surface area contributed by atoms with E-state index in [1.54, 1.807) is 43.3 Å². The number of nitrogens with zero attached hydrogens (tertiary/aromatic N) is 3. The molecule has 5 aromatic carbocycles. The van der Waals surface area contributed by atoms with Gasteiger partial charge in [-0.05, 0) is 139 Å². The van der Waals surface area contributed by atoms with E-state index in [9.17, 15) is 27.4 Å². The van der Waals surface area contributed by atoms with Crippen molar-refractivity contribution in [2.24, 2.45) is 0 Å². The van der Waals surface area contributed by atoms with Gasteiger partial charge in [-0.3, -0.25) is 18.9 Å². The fourth-order valence-electron chi connectivity index (χ4n) is 9.86. The molecule has 0 radical (unpaired) electrons. The summed E-state index contributed by atoms with van der Waals surface area (Å²) in [6.45, 7) is 5.94. The van der Waals surface area contributed by atoms with Crippen molar-refractivity contribution in [3.05, 3.63) is 141 Å². The lowest BCUT2D eigenvalue weighted by molar-refractivity contribution is -0.118. The predicted octanol–water partition coefficient (Wildman–Crippen LogP) is 8.51. The van der Waals surface area contributed by atoms with E-state index in [2.05, 4.69) is 18.7 Å². The molecule has 0 fully saturated rings. The molecular formula is C51H53N3O9S2. The lowest BCUT2D eigenvalue weighted by Gasteiger charge is -2.27. The van der Waals surface area contributed by atoms with Gasteiger partial charge < -0.3 is 28.9 Å². The zero-order valence-electron chi connectivity index (χ0n) is 37.2. The van der Waals surface area contributed by atoms with Crippen molar-refractivity contribution in [1.82, 2.24) is 0 Å². The molecule has 5 aromatic rings. The molecule has 0 saturated heterocycles. The van der Waals surface area contributed by atoms with Gasteiger partial charge >= 0.3 is 0 Å². The van der Waals surface area contributed by atoms with Crippen molar-refractivity contribution < 1.29 is 41.6 Å². The second-order valence-electron chi connectivity index (χ2n) is 18.3. The smallest absolute Gasteiger partial charge is 0.270 e. The van der Waals surface area contributed by atoms with Crippen LogP contribution in [-0.4, -0.2) is 66.9 Å². The first-order valence-electron chi connectivity index (χ1n) is 22.0. The van der Waals surface area contributed by atoms with Gasteiger partial charge in [0.1, 0.15) is 24.2 Å². The van der Waals surface area contributed by atoms with Crippen LogP contribution in [0.3, 0.4) is 0 Å². The highest BCUT2D eigenvalue weighted by molar-refractivity contribution is 7.86. The topological polar surface area (TPSA) is 143 Å². The third kappa shape index (κ3) is 8.71. The number of ether oxygens (including phenoxy) is 3. The van der Waals surface area contributed by atoms with Crippen molar-refractivity contribution in [3.8, 4) is 17.2 Å². The number of anilines is 3. The molecule has 1 N–H and O–H groups in total. The van der Waals surface area contributed by atoms with Crippen LogP contribution in [-0.2, 0) is 53.8 Å². The Morgan fingerprint density at radius 3 is 2.05 bits per heavy atom. The third-order valence-electron chi connectivity index (χ3n) is 13.3. The van der Waals surface area contributed by atoms with E-state index in [0.29, 0.717) is 70.1 Å². The fourth-order valence-corrected chi connectivity index (χ4v) is 11.0. The minimum absolute atomic E-state index is 0.0515. The van der Waals surface area contributed by atoms with E-state index in [0.717, 1.165) is 40.8 Å². The SMILES string of the molecule is COc1cc2c(cc1OCc1cc(COc3cc4c(cc3C)C(=O)N3c5ccccc5C[C@H]3C(S(=O)(=O)O)C4)cc(N(C)C(=O)CCC(C)(C)S)c1)CC[C@@H]1Cc3ccccc3N1C2=O. The van der Waals surface area contributed by atoms with Crippen LogP contribution in [0.15, 0.2) is 91.0 Å². The summed E-state index contributed by atoms with van der Waals surface area (Å²) in [6.07, 6.45) is 3.42. The fraction of sp³-hybridized carbons (Fsp3) is 0.353. The van der Waals surface area contributed by atoms with E-state index in [1.165, 1.54) is 10.5 Å². The molecule has 4 aliphatic rings. The maximum Gasteiger partial charge on any atom is 0.270 e. The number of methoxy groups -OCH3 is 1. The number of hydrogen-bond acceptors (Lipinski definition) is 9. The Morgan fingerprint density at radius 2 is 1.38 bits per heavy atom. The van der Waals surface area contributed by atoms with Crippen LogP contribution in [0.1, 0.15) is 92.8 Å². The highest BCUT2D eigenvalue weighted by atomic mass is 32.2. The number of hydrogen-bond donors (Lipinski definition) is 2. The summed E-state index contributed by atoms with van der Waals surface area (Å²) < 4.78 is 54.8. The lowest BCUT2D eigenvalue weighted by Crippen LogP contribution is -2.47. The molecule has 4 heterocycles. The molecule has 65 heavy (non-hydrogen) atoms. The molecule has 9 rings (SSSR count). The molecule has 0 aromatic heterocycles. The monoisotopic (exact) mass is 915 g/mol. The number of carbonyl (C=O) groups excluding carboxylic acids is 3. The molecule has 12 nitrogen and oxygen atoms in total. The molecule has 338 valence electrons. The average molecular weight is 916 g/mol. The van der Waals surface area contributed by atoms with Gasteiger partial charge in [0.15, 0.2) is 11.5 Å². The first-order chi connectivity index (χ1) is 31.0. The number of benzene rings is 5. The van der Waals surface area contributed by atoms with Crippen molar-refractivity contribution in [2.45, 2.75) is 101 Å². The van der Waals surface area contributed by atoms with Crippen LogP contribution in [0, 0.1) is 6.92 Å². The van der Waals surface area contributed by atoms with Crippen molar-refractivity contribution in [3.63, 3.8) is 0 Å². The van der Waals surface area contributed by atoms with Crippen LogP contribution in [0.4, 0.5) is 17.1 Å². The molecule has 1 unspecified atom stereocenters. The van der Waals surface area contributed by atoms with E-state index in [-0.39, 0.29) is 54.6 Å². The largest absolute Gasteiger partial charge is 0.493 e. The Hall–Kier alpha value is -5.83. The van der Waals surface area contributed by atoms with E-state index >= 15 is 0 Å². The normalized spacial score (nSPS) is 18.7. The van der Waals surface area contributed by atoms with Crippen LogP contribution in [0.2, 0.25) is 0 Å². The minimum atomic E-state index is -4.56. The quantitative estimate of drug-likeness (QED) is 0.0931. The number of thiol groups is 1. The van der Waals surface area contributed by atoms with E-state index in [1.807, 2.05) is 86.3 Å². The van der Waals surface area contributed by atoms with Crippen LogP contribution < -0.4 is 28.9 Å². The van der Waals surface area contributed by atoms with Gasteiger partial charge in [0.2, 0.25) is 5.91 Å². The Labute approximate surface area is 385 Å². The van der Waals surface area contributed by atoms with E-state index < -0.39 is 21.4 Å². The standard InChI is InChI=1S/C51H53N3O9S2/c1-30-18-39-36(26-47(65(58,59)60)43-23-35-11-7-9-13-42(35)54(43)50(39)57)25-44(30)62-28-31-19-32(21-38(20-31)52(4)48(55)16-17-51(2,3)64)29-63-46-24-33-14-15-37-22-34-10-6-8-12-41(34)53(37)49(56)40(33)27-45(46)61-5/h6-13,18-21,24-25,27,37,43,47,64H,14-17,22-23,26,28-29H2,1-5H3,(H,58,59,60)/t37-,43+,47?/m1/s1. The minimum Gasteiger partial charge on any atom is -0.493 e. The second-order valence-corrected chi connectivity index (χ2v) is 21.2. The second kappa shape index (κ2) is 17.2. The van der Waals surface area contributed by atoms with Crippen LogP contribution in [0.5, 0.6) is 17.2 Å². The van der Waals surface area contributed by atoms with Gasteiger partial charge in [0.05, 0.1) is 13.2 Å². The molecule has 3 amide bonds. The maximum absolute atomic E-state index is 14.2. The van der Waals surface area contributed by atoms with Crippen molar-refractivity contribution >= 4 is 57.5 Å². The summed E-state index contributed by atoms with van der Waals surface area (Å²) in [5, 5.41) is -1.25. The van der Waals surface area contributed by atoms with Crippen LogP contribution >= 0.6 is 12.6 Å². The highest BCUT2D eigenvalue weighted by Crippen LogP contribution is 2.43. The van der Waals surface area contributed by atoms with Gasteiger partial charge in [-0.2, -0.15) is 21.0 Å². The number of para-hydroxylation sites is 2. The molecule has 0 spiro atoms. The zero-order chi connectivity index (χ0) is 45.9. The summed E-state index contributed by atoms with van der Waals surface area (Å²) in [4.78, 5) is 46.9. The molecular weight excluding hydrogens is 863 g/mol. The molecule has 3 atom stereocenters. The first-order valence-corrected chi connectivity index (χ1v) is 23.9. The van der Waals surface area contributed by atoms with Crippen LogP contribution in [0.25, 0.3) is 0 Å². The Kier molecular flexibility index (Phi) is 11.7. The molecule has 14 heteroatoms. The number of fused-ring (bicyclic) bond motifs is 8. The summed E-state index contributed by atoms with van der Waals surface area (Å²) in [6, 6.07) is 27.6. The van der Waals surface area contributed by atoms with Crippen molar-refractivity contribution in [1.29, 1.82) is 0 Å². The van der Waals surface area contributed by atoms with Gasteiger partial charge in [-0.1, -0.05) is 50.2 Å². The summed E-state index contributed by atoms with van der Waals surface area (Å²) in [7, 11) is -1.27. The molecule has 0 saturated carbocycles. The molecule has 0 bridgehead atoms. The number of aryl methyl sites for hydroxylation is 2. The zero-order valence-corrected chi connectivity index (χ0v) is 38.9. The number of rotatable bonds is 12. The predicted molar refractivity (Wildman–Crippen MR) is 254 cm³/mol. The van der Waals surface area contributed by atoms with Gasteiger partial charge in [-0.25, -0.2) is 0 Å². The lowest BCUT2D eigenvalue weighted by atomic mass is 9.97. The highest BCUT2D eigenvalue weighted by Gasteiger charge is 2.47. The summed E-state index contributed by atoms with van der Waals surface area (Å²) in [5.41, 5.74) is 8.72. The van der Waals surface area contributed by atoms with Crippen molar-refractivity contribution in [2.75, 3.05) is 28.9 Å². The van der Waals surface area contributed by atoms with Gasteiger partial charge in [0, 0.05) is 52.4 Å².